The van der Waals surface area contributed by atoms with Gasteiger partial charge in [0.2, 0.25) is 0 Å². The molecular formula is C84H93N3. The fraction of sp³-hybridized carbons (Fsp3) is 0.286. The Morgan fingerprint density at radius 2 is 0.310 bits per heavy atom. The van der Waals surface area contributed by atoms with E-state index in [1.54, 1.807) is 0 Å². The van der Waals surface area contributed by atoms with Crippen molar-refractivity contribution in [2.24, 2.45) is 0 Å². The quantitative estimate of drug-likeness (QED) is 0.0444. The van der Waals surface area contributed by atoms with E-state index in [2.05, 4.69) is 293 Å². The van der Waals surface area contributed by atoms with Crippen LogP contribution < -0.4 is 14.7 Å². The van der Waals surface area contributed by atoms with Crippen molar-refractivity contribution in [1.82, 2.24) is 0 Å². The zero-order chi connectivity index (χ0) is 60.2. The van der Waals surface area contributed by atoms with E-state index in [9.17, 15) is 0 Å². The smallest absolute Gasteiger partial charge is 0.0462 e. The molecule has 3 heteroatoms. The van der Waals surface area contributed by atoms with E-state index in [4.69, 9.17) is 0 Å². The third kappa shape index (κ3) is 16.2. The minimum Gasteiger partial charge on any atom is -0.311 e. The molecule has 10 rings (SSSR count). The Morgan fingerprint density at radius 1 is 0.172 bits per heavy atom. The maximum Gasteiger partial charge on any atom is 0.0462 e. The monoisotopic (exact) mass is 1140 g/mol. The van der Waals surface area contributed by atoms with Gasteiger partial charge in [0.05, 0.1) is 0 Å². The summed E-state index contributed by atoms with van der Waals surface area (Å²) in [5.41, 5.74) is 25.8. The molecule has 444 valence electrons. The molecule has 10 aromatic rings. The van der Waals surface area contributed by atoms with E-state index in [0.29, 0.717) is 0 Å². The number of rotatable bonds is 30. The largest absolute Gasteiger partial charge is 0.311 e. The second-order valence-corrected chi connectivity index (χ2v) is 24.1. The summed E-state index contributed by atoms with van der Waals surface area (Å²) in [6.07, 6.45) is 21.0. The standard InChI is InChI=1S/C84H93N3/c1-7-13-19-64-25-43-76(44-26-64)85(77-45-27-65(28-46-77)20-14-8-2)82-55-37-70(38-56-82)73-61-74(71-39-57-83(58-40-71)86(78-47-29-66(30-48-78)21-15-9-3)79-49-31-67(32-50-79)22-16-10-4)63-75(62-73)72-41-59-84(60-42-72)87(80-51-33-68(34-52-80)23-17-11-5)81-53-35-69(36-54-81)24-18-12-6/h25-63H,7-24H2,1-6H3. The van der Waals surface area contributed by atoms with E-state index in [-0.39, 0.29) is 0 Å². The van der Waals surface area contributed by atoms with Crippen LogP contribution in [0.4, 0.5) is 51.2 Å². The van der Waals surface area contributed by atoms with Crippen LogP contribution in [-0.4, -0.2) is 0 Å². The van der Waals surface area contributed by atoms with Crippen LogP contribution >= 0.6 is 0 Å². The van der Waals surface area contributed by atoms with Crippen LogP contribution in [0, 0.1) is 0 Å². The van der Waals surface area contributed by atoms with Gasteiger partial charge in [0.25, 0.3) is 0 Å². The molecule has 0 aromatic heterocycles. The molecule has 0 heterocycles. The lowest BCUT2D eigenvalue weighted by molar-refractivity contribution is 0.795. The maximum absolute atomic E-state index is 2.41. The average molecular weight is 1140 g/mol. The predicted molar refractivity (Wildman–Crippen MR) is 378 cm³/mol. The van der Waals surface area contributed by atoms with Gasteiger partial charge in [-0.05, 0) is 271 Å². The van der Waals surface area contributed by atoms with E-state index in [1.807, 2.05) is 0 Å². The Bertz CT molecular complexity index is 3080. The van der Waals surface area contributed by atoms with E-state index in [1.165, 1.54) is 178 Å². The molecule has 0 unspecified atom stereocenters. The lowest BCUT2D eigenvalue weighted by Crippen LogP contribution is -2.10. The first-order valence-electron chi connectivity index (χ1n) is 33.3. The molecule has 0 fully saturated rings. The summed E-state index contributed by atoms with van der Waals surface area (Å²) in [6, 6.07) is 90.4. The number of hydrogen-bond acceptors (Lipinski definition) is 3. The molecule has 0 atom stereocenters. The molecule has 0 aliphatic heterocycles. The van der Waals surface area contributed by atoms with Gasteiger partial charge in [0, 0.05) is 51.2 Å². The number of anilines is 9. The van der Waals surface area contributed by atoms with Gasteiger partial charge in [0.15, 0.2) is 0 Å². The summed E-state index contributed by atoms with van der Waals surface area (Å²) in [4.78, 5) is 7.24. The van der Waals surface area contributed by atoms with Crippen LogP contribution in [-0.2, 0) is 38.5 Å². The molecule has 0 spiro atoms. The van der Waals surface area contributed by atoms with Crippen molar-refractivity contribution in [3.8, 4) is 33.4 Å². The average Bonchev–Trinajstić information content (AvgIpc) is 3.68. The molecule has 87 heavy (non-hydrogen) atoms. The van der Waals surface area contributed by atoms with Crippen molar-refractivity contribution >= 4 is 51.2 Å². The lowest BCUT2D eigenvalue weighted by atomic mass is 9.93. The van der Waals surface area contributed by atoms with Gasteiger partial charge in [-0.15, -0.1) is 0 Å². The third-order valence-corrected chi connectivity index (χ3v) is 17.4. The zero-order valence-electron chi connectivity index (χ0n) is 53.1. The molecule has 0 aliphatic rings. The Hall–Kier alpha value is -8.40. The fourth-order valence-electron chi connectivity index (χ4n) is 12.0. The van der Waals surface area contributed by atoms with Gasteiger partial charge < -0.3 is 14.7 Å². The predicted octanol–water partition coefficient (Wildman–Crippen LogP) is 25.2. The summed E-state index contributed by atoms with van der Waals surface area (Å²) in [5, 5.41) is 0. The van der Waals surface area contributed by atoms with E-state index < -0.39 is 0 Å². The van der Waals surface area contributed by atoms with Crippen LogP contribution in [0.25, 0.3) is 33.4 Å². The van der Waals surface area contributed by atoms with E-state index in [0.717, 1.165) is 55.6 Å². The third-order valence-electron chi connectivity index (χ3n) is 17.4. The van der Waals surface area contributed by atoms with Crippen LogP contribution in [0.3, 0.4) is 0 Å². The van der Waals surface area contributed by atoms with Gasteiger partial charge in [-0.1, -0.05) is 189 Å². The van der Waals surface area contributed by atoms with Crippen LogP contribution in [0.2, 0.25) is 0 Å². The highest BCUT2D eigenvalue weighted by Gasteiger charge is 2.19. The first kappa shape index (κ1) is 61.7. The molecule has 0 aliphatic carbocycles. The van der Waals surface area contributed by atoms with Gasteiger partial charge in [-0.2, -0.15) is 0 Å². The summed E-state index contributed by atoms with van der Waals surface area (Å²) in [5.74, 6) is 0. The number of unbranched alkanes of at least 4 members (excludes halogenated alkanes) is 6. The van der Waals surface area contributed by atoms with Crippen molar-refractivity contribution in [3.63, 3.8) is 0 Å². The van der Waals surface area contributed by atoms with Gasteiger partial charge in [0.1, 0.15) is 0 Å². The normalized spacial score (nSPS) is 11.2. The van der Waals surface area contributed by atoms with Crippen LogP contribution in [0.1, 0.15) is 152 Å². The first-order valence-corrected chi connectivity index (χ1v) is 33.3. The fourth-order valence-corrected chi connectivity index (χ4v) is 12.0. The lowest BCUT2D eigenvalue weighted by Gasteiger charge is -2.26. The van der Waals surface area contributed by atoms with Crippen molar-refractivity contribution < 1.29 is 0 Å². The highest BCUT2D eigenvalue weighted by molar-refractivity contribution is 5.86. The summed E-state index contributed by atoms with van der Waals surface area (Å²) < 4.78 is 0. The molecule has 0 radical (unpaired) electrons. The van der Waals surface area contributed by atoms with Crippen LogP contribution in [0.15, 0.2) is 237 Å². The first-order chi connectivity index (χ1) is 42.8. The SMILES string of the molecule is CCCCc1ccc(N(c2ccc(CCCC)cc2)c2ccc(-c3cc(-c4ccc(N(c5ccc(CCCC)cc5)c5ccc(CCCC)cc5)cc4)cc(-c4ccc(N(c5ccc(CCCC)cc5)c5ccc(CCCC)cc5)cc4)c3)cc2)cc1. The van der Waals surface area contributed by atoms with Crippen molar-refractivity contribution in [2.75, 3.05) is 14.7 Å². The second kappa shape index (κ2) is 31.3. The second-order valence-electron chi connectivity index (χ2n) is 24.1. The minimum absolute atomic E-state index is 1.10. The van der Waals surface area contributed by atoms with Gasteiger partial charge >= 0.3 is 0 Å². The maximum atomic E-state index is 2.41. The van der Waals surface area contributed by atoms with Crippen molar-refractivity contribution in [2.45, 2.75) is 157 Å². The highest BCUT2D eigenvalue weighted by Crippen LogP contribution is 2.42. The Morgan fingerprint density at radius 3 is 0.448 bits per heavy atom. The topological polar surface area (TPSA) is 9.72 Å². The Labute approximate surface area is 523 Å². The van der Waals surface area contributed by atoms with Crippen molar-refractivity contribution in [1.29, 1.82) is 0 Å². The number of benzene rings is 10. The number of aryl methyl sites for hydroxylation is 6. The molecule has 0 saturated heterocycles. The molecule has 0 N–H and O–H groups in total. The molecular weight excluding hydrogens is 1050 g/mol. The summed E-state index contributed by atoms with van der Waals surface area (Å²) >= 11 is 0. The van der Waals surface area contributed by atoms with Gasteiger partial charge in [-0.3, -0.25) is 0 Å². The van der Waals surface area contributed by atoms with Gasteiger partial charge in [-0.25, -0.2) is 0 Å². The summed E-state index contributed by atoms with van der Waals surface area (Å²) in [6.45, 7) is 13.6. The molecule has 3 nitrogen and oxygen atoms in total. The molecule has 0 saturated carbocycles. The molecule has 0 amide bonds. The Kier molecular flexibility index (Phi) is 22.2. The van der Waals surface area contributed by atoms with Crippen LogP contribution in [0.5, 0.6) is 0 Å². The minimum atomic E-state index is 1.10. The molecule has 0 bridgehead atoms. The summed E-state index contributed by atoms with van der Waals surface area (Å²) in [7, 11) is 0. The zero-order valence-corrected chi connectivity index (χ0v) is 53.1. The highest BCUT2D eigenvalue weighted by atomic mass is 15.2. The number of hydrogen-bond donors (Lipinski definition) is 0. The van der Waals surface area contributed by atoms with E-state index >= 15 is 0 Å². The molecule has 10 aromatic carbocycles. The Balaban J connectivity index is 1.04. The van der Waals surface area contributed by atoms with Crippen molar-refractivity contribution in [3.05, 3.63) is 270 Å². The number of nitrogens with zero attached hydrogens (tertiary/aromatic N) is 3.